The predicted octanol–water partition coefficient (Wildman–Crippen LogP) is -9.40. The number of hydrogen-bond acceptors (Lipinski definition) is 30. The Hall–Kier alpha value is 0.310. The number of aliphatic hydroxyl groups is 10. The molecule has 0 aromatic rings. The first-order valence-corrected chi connectivity index (χ1v) is 31.5. The number of Topliss-reactive ketones (excluding diaryl/α,β-unsaturated/α-hetero) is 1. The maximum absolute atomic E-state index is 13.0. The molecule has 18 unspecified atom stereocenters. The topological polar surface area (TPSA) is 454 Å². The summed E-state index contributed by atoms with van der Waals surface area (Å²) < 4.78 is 146. The molecular formula is C53H84Na2O30S2. The number of allylic oxidation sites excluding steroid dienone is 2. The summed E-state index contributed by atoms with van der Waals surface area (Å²) in [4.78, 5) is 13.0. The van der Waals surface area contributed by atoms with Crippen LogP contribution in [0.1, 0.15) is 93.4 Å². The molecule has 9 rings (SSSR count). The van der Waals surface area contributed by atoms with Crippen molar-refractivity contribution in [1.29, 1.82) is 0 Å². The summed E-state index contributed by atoms with van der Waals surface area (Å²) in [5.41, 5.74) is 0.184. The molecule has 34 heteroatoms. The van der Waals surface area contributed by atoms with Gasteiger partial charge in [0.05, 0.1) is 38.6 Å². The van der Waals surface area contributed by atoms with Crippen molar-refractivity contribution in [3.63, 3.8) is 0 Å². The van der Waals surface area contributed by atoms with E-state index in [-0.39, 0.29) is 98.9 Å². The van der Waals surface area contributed by atoms with E-state index in [1.54, 1.807) is 6.92 Å². The van der Waals surface area contributed by atoms with Crippen LogP contribution in [0.3, 0.4) is 0 Å². The number of rotatable bonds is 18. The summed E-state index contributed by atoms with van der Waals surface area (Å²) in [7, 11) is -9.90. The number of carbonyl (C=O) groups excluding carboxylic acids is 1. The molecular weight excluding hydrogens is 1230 g/mol. The molecule has 0 aromatic heterocycles. The van der Waals surface area contributed by atoms with Crippen LogP contribution in [0.15, 0.2) is 11.6 Å². The Morgan fingerprint density at radius 3 is 1.84 bits per heavy atom. The fraction of sp³-hybridized carbons (Fsp3) is 0.943. The maximum Gasteiger partial charge on any atom is 1.00 e. The SMILES string of the molecule is COC1C(O)[C@H](OC2C(O)[C@H](O[C@@H]3C(C)O[C@@H](OC4C(O)[C@H](OS(=O)(=O)[O-])CO[C@H]4OC4CC[C@]5(C)C6CC[C@]7(C)C(C(C)=O)CCC7(C)C6=CCC5C4(C)C)C(O[C@@H]4OC[C@@H](O)C(O)C4O)C3O)OC(COS(=O)(=O)[O-])[C@H]2O)OC(CO)[C@H]1O.[Na+].[Na+]. The molecule has 10 N–H and O–H groups in total. The third-order valence-electron chi connectivity index (χ3n) is 20.7. The molecule has 0 aromatic carbocycles. The first-order valence-electron chi connectivity index (χ1n) is 28.8. The summed E-state index contributed by atoms with van der Waals surface area (Å²) in [5.74, 6) is 0.412. The number of ether oxygens (including phenoxy) is 11. The van der Waals surface area contributed by atoms with Crippen molar-refractivity contribution in [2.24, 2.45) is 39.4 Å². The molecule has 5 heterocycles. The van der Waals surface area contributed by atoms with Crippen LogP contribution in [0.25, 0.3) is 0 Å². The first-order chi connectivity index (χ1) is 39.6. The zero-order valence-electron chi connectivity index (χ0n) is 50.4. The molecule has 8 fully saturated rings. The van der Waals surface area contributed by atoms with Crippen LogP contribution in [-0.2, 0) is 86.1 Å². The largest absolute Gasteiger partial charge is 1.00 e. The number of fused-ring (bicyclic) bond motifs is 5. The number of ketones is 1. The molecule has 0 amide bonds. The molecule has 9 aliphatic rings. The average Bonchev–Trinajstić information content (AvgIpc) is 1.69. The Bertz CT molecular complexity index is 2610. The van der Waals surface area contributed by atoms with Crippen molar-refractivity contribution in [2.45, 2.75) is 241 Å². The Labute approximate surface area is 549 Å². The van der Waals surface area contributed by atoms with Crippen LogP contribution >= 0.6 is 0 Å². The summed E-state index contributed by atoms with van der Waals surface area (Å²) in [6, 6.07) is 0. The zero-order valence-corrected chi connectivity index (χ0v) is 56.0. The quantitative estimate of drug-likeness (QED) is 0.0264. The van der Waals surface area contributed by atoms with Crippen LogP contribution < -0.4 is 59.1 Å². The zero-order chi connectivity index (χ0) is 62.4. The van der Waals surface area contributed by atoms with Gasteiger partial charge in [0, 0.05) is 13.0 Å². The van der Waals surface area contributed by atoms with E-state index >= 15 is 0 Å². The van der Waals surface area contributed by atoms with Gasteiger partial charge >= 0.3 is 59.1 Å². The van der Waals surface area contributed by atoms with E-state index in [0.717, 1.165) is 32.8 Å². The fourth-order valence-electron chi connectivity index (χ4n) is 15.9. The molecule has 0 spiro atoms. The van der Waals surface area contributed by atoms with E-state index in [1.807, 2.05) is 0 Å². The fourth-order valence-corrected chi connectivity index (χ4v) is 16.6. The molecule has 5 aliphatic heterocycles. The molecule has 3 saturated carbocycles. The number of aliphatic hydroxyl groups excluding tert-OH is 10. The Morgan fingerprint density at radius 2 is 1.22 bits per heavy atom. The summed E-state index contributed by atoms with van der Waals surface area (Å²) in [5, 5.41) is 111. The van der Waals surface area contributed by atoms with E-state index in [9.17, 15) is 81.8 Å². The predicted molar refractivity (Wildman–Crippen MR) is 277 cm³/mol. The van der Waals surface area contributed by atoms with Gasteiger partial charge in [-0.25, -0.2) is 16.8 Å². The van der Waals surface area contributed by atoms with Crippen LogP contribution in [-0.4, -0.2) is 264 Å². The van der Waals surface area contributed by atoms with Gasteiger partial charge in [0.1, 0.15) is 110 Å². The number of carbonyl (C=O) groups is 1. The smallest absolute Gasteiger partial charge is 0.726 e. The molecule has 490 valence electrons. The minimum absolute atomic E-state index is 0. The van der Waals surface area contributed by atoms with Gasteiger partial charge < -0.3 is 112 Å². The van der Waals surface area contributed by atoms with Crippen LogP contribution in [0.2, 0.25) is 0 Å². The second kappa shape index (κ2) is 28.6. The molecule has 4 aliphatic carbocycles. The molecule has 30 atom stereocenters. The van der Waals surface area contributed by atoms with Crippen molar-refractivity contribution >= 4 is 26.6 Å². The Kier molecular flexibility index (Phi) is 24.5. The third-order valence-corrected chi connectivity index (χ3v) is 21.6. The molecule has 5 saturated heterocycles. The summed E-state index contributed by atoms with van der Waals surface area (Å²) in [6.07, 6.45) is -36.4. The molecule has 87 heavy (non-hydrogen) atoms. The number of hydrogen-bond donors (Lipinski definition) is 10. The van der Waals surface area contributed by atoms with E-state index in [0.29, 0.717) is 19.3 Å². The minimum Gasteiger partial charge on any atom is -0.726 e. The van der Waals surface area contributed by atoms with Gasteiger partial charge in [0.2, 0.25) is 20.8 Å². The van der Waals surface area contributed by atoms with Crippen molar-refractivity contribution < 1.29 is 201 Å². The molecule has 0 bridgehead atoms. The molecule has 30 nitrogen and oxygen atoms in total. The van der Waals surface area contributed by atoms with Gasteiger partial charge in [-0.2, -0.15) is 0 Å². The Morgan fingerprint density at radius 1 is 0.632 bits per heavy atom. The van der Waals surface area contributed by atoms with Gasteiger partial charge in [-0.05, 0) is 92.3 Å². The standard InChI is InChI=1S/C53H86O30S2.2Na/c1-21(55)23-11-15-53(7)25-9-10-30-50(3,4)31(13-14-51(30,5)24(25)12-16-52(23,53)6)78-48-43(35(60)29(19-73-48)83-85(68,69)70)82-49-44(81-45-36(61)32(57)26(56)18-72-45)37(62)40(22(2)75-49)79-47-39(64)42(34(59)28(77-47)20-74-84(65,66)67)80-46-38(63)41(71-8)33(58)27(17-54)76-46;;/h9,22-24,26-49,54,56-64H,10-20H2,1-8H3,(H,65,66,67)(H,68,69,70);;/q;2*+1/p-2/t22?,23?,24?,26-,27?,28?,29-,30?,31?,32?,33-,34-,35?,36?,37?,38?,39?,40-,41?,42?,43?,44?,45+,46+,47+,48+,49+,51-,52-,53?;;/m1../s1. The third kappa shape index (κ3) is 14.6. The maximum atomic E-state index is 13.0. The first kappa shape index (κ1) is 74.7. The van der Waals surface area contributed by atoms with Gasteiger partial charge in [-0.1, -0.05) is 46.3 Å². The van der Waals surface area contributed by atoms with E-state index in [2.05, 4.69) is 44.9 Å². The Balaban J connectivity index is 0.00000541. The van der Waals surface area contributed by atoms with Gasteiger partial charge in [0.25, 0.3) is 0 Å². The van der Waals surface area contributed by atoms with Gasteiger partial charge in [0.15, 0.2) is 31.5 Å². The summed E-state index contributed by atoms with van der Waals surface area (Å²) in [6.45, 7) is 10.6. The van der Waals surface area contributed by atoms with E-state index in [4.69, 9.17) is 56.3 Å². The van der Waals surface area contributed by atoms with Crippen LogP contribution in [0.5, 0.6) is 0 Å². The van der Waals surface area contributed by atoms with Crippen molar-refractivity contribution in [1.82, 2.24) is 0 Å². The summed E-state index contributed by atoms with van der Waals surface area (Å²) >= 11 is 0. The van der Waals surface area contributed by atoms with E-state index in [1.165, 1.54) is 12.5 Å². The second-order valence-electron chi connectivity index (χ2n) is 25.7. The van der Waals surface area contributed by atoms with Crippen LogP contribution in [0.4, 0.5) is 0 Å². The van der Waals surface area contributed by atoms with Crippen molar-refractivity contribution in [2.75, 3.05) is 33.5 Å². The number of methoxy groups -OCH3 is 1. The minimum atomic E-state index is -5.52. The molecule has 0 radical (unpaired) electrons. The van der Waals surface area contributed by atoms with Gasteiger partial charge in [-0.3, -0.25) is 13.2 Å². The van der Waals surface area contributed by atoms with Crippen molar-refractivity contribution in [3.8, 4) is 0 Å². The normalized spacial score (nSPS) is 49.2. The monoisotopic (exact) mass is 1310 g/mol. The van der Waals surface area contributed by atoms with E-state index < -0.39 is 200 Å². The van der Waals surface area contributed by atoms with Crippen molar-refractivity contribution in [3.05, 3.63) is 11.6 Å². The van der Waals surface area contributed by atoms with Crippen LogP contribution in [0, 0.1) is 39.4 Å². The average molecular weight is 1310 g/mol. The second-order valence-corrected chi connectivity index (χ2v) is 27.8. The van der Waals surface area contributed by atoms with Gasteiger partial charge in [-0.15, -0.1) is 0 Å².